The lowest BCUT2D eigenvalue weighted by molar-refractivity contribution is 0.479. The van der Waals surface area contributed by atoms with Crippen LogP contribution >= 0.6 is 0 Å². The van der Waals surface area contributed by atoms with Crippen LogP contribution in [0.1, 0.15) is 37.5 Å². The van der Waals surface area contributed by atoms with Gasteiger partial charge in [0.1, 0.15) is 11.3 Å². The third-order valence-electron chi connectivity index (χ3n) is 3.25. The van der Waals surface area contributed by atoms with Crippen LogP contribution in [0.15, 0.2) is 28.7 Å². The van der Waals surface area contributed by atoms with Crippen molar-refractivity contribution in [1.82, 2.24) is 5.32 Å². The predicted molar refractivity (Wildman–Crippen MR) is 72.5 cm³/mol. The fourth-order valence-corrected chi connectivity index (χ4v) is 2.11. The second-order valence-electron chi connectivity index (χ2n) is 4.69. The molecule has 1 heterocycles. The molecule has 0 aliphatic carbocycles. The number of rotatable bonds is 5. The molecule has 2 nitrogen and oxygen atoms in total. The van der Waals surface area contributed by atoms with Gasteiger partial charge in [0.05, 0.1) is 0 Å². The highest BCUT2D eigenvalue weighted by Crippen LogP contribution is 2.28. The standard InChI is InChI=1S/C15H21NO/c1-4-16-9-8-11(2)14-10-13-7-5-6-12(3)15(13)17-14/h5-7,10-11,16H,4,8-9H2,1-3H3. The van der Waals surface area contributed by atoms with Gasteiger partial charge in [-0.3, -0.25) is 0 Å². The van der Waals surface area contributed by atoms with Crippen LogP contribution < -0.4 is 5.32 Å². The molecule has 1 aromatic heterocycles. The summed E-state index contributed by atoms with van der Waals surface area (Å²) in [4.78, 5) is 0. The molecule has 2 aromatic rings. The number of benzene rings is 1. The van der Waals surface area contributed by atoms with E-state index in [9.17, 15) is 0 Å². The van der Waals surface area contributed by atoms with Gasteiger partial charge in [-0.15, -0.1) is 0 Å². The van der Waals surface area contributed by atoms with E-state index in [1.165, 1.54) is 10.9 Å². The fraction of sp³-hybridized carbons (Fsp3) is 0.467. The van der Waals surface area contributed by atoms with E-state index in [-0.39, 0.29) is 0 Å². The van der Waals surface area contributed by atoms with Gasteiger partial charge in [-0.25, -0.2) is 0 Å². The molecule has 1 aromatic carbocycles. The maximum absolute atomic E-state index is 5.96. The third kappa shape index (κ3) is 2.70. The summed E-state index contributed by atoms with van der Waals surface area (Å²) in [7, 11) is 0. The van der Waals surface area contributed by atoms with Crippen LogP contribution in [-0.4, -0.2) is 13.1 Å². The summed E-state index contributed by atoms with van der Waals surface area (Å²) in [5.41, 5.74) is 2.26. The van der Waals surface area contributed by atoms with Gasteiger partial charge >= 0.3 is 0 Å². The summed E-state index contributed by atoms with van der Waals surface area (Å²) < 4.78 is 5.96. The Hall–Kier alpha value is -1.28. The minimum atomic E-state index is 0.473. The highest BCUT2D eigenvalue weighted by molar-refractivity contribution is 5.80. The molecule has 1 unspecified atom stereocenters. The number of hydrogen-bond acceptors (Lipinski definition) is 2. The van der Waals surface area contributed by atoms with E-state index in [4.69, 9.17) is 4.42 Å². The second kappa shape index (κ2) is 5.37. The summed E-state index contributed by atoms with van der Waals surface area (Å²) >= 11 is 0. The van der Waals surface area contributed by atoms with E-state index in [0.29, 0.717) is 5.92 Å². The lowest BCUT2D eigenvalue weighted by Gasteiger charge is -2.08. The van der Waals surface area contributed by atoms with Gasteiger partial charge in [0.15, 0.2) is 0 Å². The highest BCUT2D eigenvalue weighted by Gasteiger charge is 2.12. The van der Waals surface area contributed by atoms with Gasteiger partial charge in [-0.05, 0) is 38.1 Å². The first-order chi connectivity index (χ1) is 8.22. The van der Waals surface area contributed by atoms with E-state index in [2.05, 4.69) is 50.4 Å². The molecule has 0 aliphatic rings. The zero-order valence-corrected chi connectivity index (χ0v) is 10.9. The van der Waals surface area contributed by atoms with Crippen molar-refractivity contribution < 1.29 is 4.42 Å². The number of para-hydroxylation sites is 1. The SMILES string of the molecule is CCNCCC(C)c1cc2cccc(C)c2o1. The molecule has 0 saturated carbocycles. The summed E-state index contributed by atoms with van der Waals surface area (Å²) in [5, 5.41) is 4.57. The Morgan fingerprint density at radius 3 is 2.88 bits per heavy atom. The van der Waals surface area contributed by atoms with Gasteiger partial charge in [-0.1, -0.05) is 32.0 Å². The lowest BCUT2D eigenvalue weighted by atomic mass is 10.0. The van der Waals surface area contributed by atoms with Crippen LogP contribution in [0.5, 0.6) is 0 Å². The quantitative estimate of drug-likeness (QED) is 0.791. The average molecular weight is 231 g/mol. The van der Waals surface area contributed by atoms with Crippen molar-refractivity contribution in [1.29, 1.82) is 0 Å². The zero-order valence-electron chi connectivity index (χ0n) is 10.9. The van der Waals surface area contributed by atoms with Crippen molar-refractivity contribution in [2.75, 3.05) is 13.1 Å². The first kappa shape index (κ1) is 12.2. The first-order valence-electron chi connectivity index (χ1n) is 6.42. The second-order valence-corrected chi connectivity index (χ2v) is 4.69. The fourth-order valence-electron chi connectivity index (χ4n) is 2.11. The van der Waals surface area contributed by atoms with Crippen LogP contribution in [0.4, 0.5) is 0 Å². The van der Waals surface area contributed by atoms with Crippen molar-refractivity contribution in [3.8, 4) is 0 Å². The van der Waals surface area contributed by atoms with E-state index in [1.807, 2.05) is 0 Å². The lowest BCUT2D eigenvalue weighted by Crippen LogP contribution is -2.15. The van der Waals surface area contributed by atoms with Crippen LogP contribution in [0.2, 0.25) is 0 Å². The molecule has 0 aliphatic heterocycles. The number of furan rings is 1. The van der Waals surface area contributed by atoms with Crippen molar-refractivity contribution in [3.63, 3.8) is 0 Å². The normalized spacial score (nSPS) is 13.1. The van der Waals surface area contributed by atoms with E-state index < -0.39 is 0 Å². The Morgan fingerprint density at radius 2 is 2.18 bits per heavy atom. The molecule has 0 bridgehead atoms. The van der Waals surface area contributed by atoms with Gasteiger partial charge in [0.25, 0.3) is 0 Å². The third-order valence-corrected chi connectivity index (χ3v) is 3.25. The molecule has 0 radical (unpaired) electrons. The minimum Gasteiger partial charge on any atom is -0.461 e. The Balaban J connectivity index is 2.16. The molecule has 92 valence electrons. The molecular weight excluding hydrogens is 210 g/mol. The monoisotopic (exact) mass is 231 g/mol. The van der Waals surface area contributed by atoms with Gasteiger partial charge in [0, 0.05) is 11.3 Å². The Kier molecular flexibility index (Phi) is 3.85. The largest absolute Gasteiger partial charge is 0.461 e. The molecule has 17 heavy (non-hydrogen) atoms. The Labute approximate surface area is 103 Å². The molecule has 0 fully saturated rings. The molecular formula is C15H21NO. The molecule has 1 N–H and O–H groups in total. The summed E-state index contributed by atoms with van der Waals surface area (Å²) in [5.74, 6) is 1.58. The Morgan fingerprint density at radius 1 is 1.35 bits per heavy atom. The molecule has 0 spiro atoms. The number of aryl methyl sites for hydroxylation is 1. The van der Waals surface area contributed by atoms with Gasteiger partial charge in [0.2, 0.25) is 0 Å². The van der Waals surface area contributed by atoms with Crippen LogP contribution in [0, 0.1) is 6.92 Å². The predicted octanol–water partition coefficient (Wildman–Crippen LogP) is 3.84. The van der Waals surface area contributed by atoms with Crippen molar-refractivity contribution in [2.24, 2.45) is 0 Å². The van der Waals surface area contributed by atoms with Crippen LogP contribution in [0.25, 0.3) is 11.0 Å². The van der Waals surface area contributed by atoms with E-state index in [0.717, 1.165) is 30.9 Å². The average Bonchev–Trinajstić information content (AvgIpc) is 2.75. The highest BCUT2D eigenvalue weighted by atomic mass is 16.3. The number of nitrogens with one attached hydrogen (secondary N) is 1. The summed E-state index contributed by atoms with van der Waals surface area (Å²) in [6, 6.07) is 8.48. The topological polar surface area (TPSA) is 25.2 Å². The summed E-state index contributed by atoms with van der Waals surface area (Å²) in [6.45, 7) is 8.54. The maximum atomic E-state index is 5.96. The smallest absolute Gasteiger partial charge is 0.137 e. The molecule has 0 amide bonds. The van der Waals surface area contributed by atoms with Crippen molar-refractivity contribution >= 4 is 11.0 Å². The minimum absolute atomic E-state index is 0.473. The number of hydrogen-bond donors (Lipinski definition) is 1. The molecule has 2 rings (SSSR count). The van der Waals surface area contributed by atoms with Crippen LogP contribution in [0.3, 0.4) is 0 Å². The van der Waals surface area contributed by atoms with Gasteiger partial charge in [-0.2, -0.15) is 0 Å². The maximum Gasteiger partial charge on any atom is 0.137 e. The van der Waals surface area contributed by atoms with E-state index >= 15 is 0 Å². The van der Waals surface area contributed by atoms with E-state index in [1.54, 1.807) is 0 Å². The molecule has 0 saturated heterocycles. The summed E-state index contributed by atoms with van der Waals surface area (Å²) in [6.07, 6.45) is 1.12. The molecule has 1 atom stereocenters. The Bertz CT molecular complexity index is 487. The first-order valence-corrected chi connectivity index (χ1v) is 6.42. The van der Waals surface area contributed by atoms with Crippen LogP contribution in [-0.2, 0) is 0 Å². The van der Waals surface area contributed by atoms with Crippen molar-refractivity contribution in [2.45, 2.75) is 33.1 Å². The van der Waals surface area contributed by atoms with Gasteiger partial charge < -0.3 is 9.73 Å². The number of fused-ring (bicyclic) bond motifs is 1. The van der Waals surface area contributed by atoms with Crippen molar-refractivity contribution in [3.05, 3.63) is 35.6 Å². The molecule has 2 heteroatoms. The zero-order chi connectivity index (χ0) is 12.3.